The molecule has 1 heterocycles. The molecular formula is C13H21NO4. The molecule has 1 aliphatic rings. The first-order chi connectivity index (χ1) is 8.30. The molecule has 0 aromatic carbocycles. The number of rotatable bonds is 2. The molecule has 0 aliphatic carbocycles. The molecule has 2 atom stereocenters. The van der Waals surface area contributed by atoms with Gasteiger partial charge in [0.2, 0.25) is 0 Å². The second kappa shape index (κ2) is 5.42. The first-order valence-corrected chi connectivity index (χ1v) is 6.00. The van der Waals surface area contributed by atoms with Crippen LogP contribution >= 0.6 is 0 Å². The maximum absolute atomic E-state index is 12.0. The summed E-state index contributed by atoms with van der Waals surface area (Å²) >= 11 is 0. The lowest BCUT2D eigenvalue weighted by atomic mass is 10.0. The van der Waals surface area contributed by atoms with Gasteiger partial charge >= 0.3 is 12.1 Å². The first-order valence-electron chi connectivity index (χ1n) is 6.00. The fraction of sp³-hybridized carbons (Fsp3) is 0.692. The number of ether oxygens (including phenoxy) is 2. The van der Waals surface area contributed by atoms with Gasteiger partial charge in [0.05, 0.1) is 7.11 Å². The topological polar surface area (TPSA) is 55.8 Å². The van der Waals surface area contributed by atoms with Gasteiger partial charge in [0.15, 0.2) is 0 Å². The van der Waals surface area contributed by atoms with E-state index < -0.39 is 23.7 Å². The van der Waals surface area contributed by atoms with Crippen molar-refractivity contribution in [3.63, 3.8) is 0 Å². The highest BCUT2D eigenvalue weighted by molar-refractivity contribution is 5.82. The Balaban J connectivity index is 2.84. The molecule has 5 nitrogen and oxygen atoms in total. The first kappa shape index (κ1) is 14.5. The number of nitrogens with zero attached hydrogens (tertiary/aromatic N) is 1. The van der Waals surface area contributed by atoms with E-state index in [2.05, 4.69) is 6.58 Å². The number of likely N-dealkylation sites (tertiary alicyclic amines) is 1. The molecule has 1 fully saturated rings. The second-order valence-electron chi connectivity index (χ2n) is 5.33. The normalized spacial score (nSPS) is 23.7. The molecule has 18 heavy (non-hydrogen) atoms. The smallest absolute Gasteiger partial charge is 0.411 e. The predicted octanol–water partition coefficient (Wildman–Crippen LogP) is 1.97. The summed E-state index contributed by atoms with van der Waals surface area (Å²) < 4.78 is 10.0. The highest BCUT2D eigenvalue weighted by Gasteiger charge is 2.42. The summed E-state index contributed by atoms with van der Waals surface area (Å²) in [5.74, 6) is -0.506. The molecule has 1 saturated heterocycles. The molecular weight excluding hydrogens is 234 g/mol. The van der Waals surface area contributed by atoms with Crippen molar-refractivity contribution in [1.82, 2.24) is 4.90 Å². The molecule has 0 N–H and O–H groups in total. The molecule has 1 rings (SSSR count). The zero-order valence-corrected chi connectivity index (χ0v) is 11.4. The van der Waals surface area contributed by atoms with Crippen LogP contribution in [0.1, 0.15) is 27.2 Å². The molecule has 0 radical (unpaired) electrons. The Kier molecular flexibility index (Phi) is 4.38. The maximum atomic E-state index is 12.0. The van der Waals surface area contributed by atoms with E-state index >= 15 is 0 Å². The monoisotopic (exact) mass is 255 g/mol. The number of hydrogen-bond acceptors (Lipinski definition) is 4. The number of hydrogen-bond donors (Lipinski definition) is 0. The third-order valence-electron chi connectivity index (χ3n) is 2.82. The summed E-state index contributed by atoms with van der Waals surface area (Å²) in [6, 6.07) is -0.623. The summed E-state index contributed by atoms with van der Waals surface area (Å²) in [5.41, 5.74) is -0.579. The van der Waals surface area contributed by atoms with Crippen LogP contribution in [0.3, 0.4) is 0 Å². The van der Waals surface area contributed by atoms with E-state index in [-0.39, 0.29) is 5.92 Å². The molecule has 0 spiro atoms. The van der Waals surface area contributed by atoms with Gasteiger partial charge in [-0.2, -0.15) is 0 Å². The quantitative estimate of drug-likeness (QED) is 0.559. The van der Waals surface area contributed by atoms with Crippen molar-refractivity contribution in [2.45, 2.75) is 38.8 Å². The second-order valence-corrected chi connectivity index (χ2v) is 5.33. The number of methoxy groups -OCH3 is 1. The summed E-state index contributed by atoms with van der Waals surface area (Å²) in [7, 11) is 1.31. The molecule has 1 amide bonds. The summed E-state index contributed by atoms with van der Waals surface area (Å²) in [4.78, 5) is 25.2. The molecule has 0 bridgehead atoms. The highest BCUT2D eigenvalue weighted by atomic mass is 16.6. The summed E-state index contributed by atoms with van der Waals surface area (Å²) in [6.07, 6.45) is 1.90. The number of amides is 1. The maximum Gasteiger partial charge on any atom is 0.411 e. The molecule has 1 aliphatic heterocycles. The van der Waals surface area contributed by atoms with E-state index in [0.29, 0.717) is 13.0 Å². The van der Waals surface area contributed by atoms with Gasteiger partial charge in [-0.3, -0.25) is 4.90 Å². The summed E-state index contributed by atoms with van der Waals surface area (Å²) in [6.45, 7) is 9.54. The zero-order chi connectivity index (χ0) is 13.9. The molecule has 0 aromatic heterocycles. The standard InChI is InChI=1S/C13H21NO4/c1-6-9-7-8-14(10(9)11(15)17-5)12(16)18-13(2,3)4/h6,9-10H,1,7-8H2,2-5H3. The third-order valence-corrected chi connectivity index (χ3v) is 2.82. The van der Waals surface area contributed by atoms with E-state index in [4.69, 9.17) is 9.47 Å². The van der Waals surface area contributed by atoms with Gasteiger partial charge in [0, 0.05) is 12.5 Å². The van der Waals surface area contributed by atoms with Crippen LogP contribution < -0.4 is 0 Å². The third kappa shape index (κ3) is 3.24. The van der Waals surface area contributed by atoms with Crippen molar-refractivity contribution in [2.24, 2.45) is 5.92 Å². The fourth-order valence-electron chi connectivity index (χ4n) is 2.01. The Morgan fingerprint density at radius 3 is 2.44 bits per heavy atom. The van der Waals surface area contributed by atoms with Crippen molar-refractivity contribution < 1.29 is 19.1 Å². The van der Waals surface area contributed by atoms with Gasteiger partial charge in [-0.05, 0) is 27.2 Å². The lowest BCUT2D eigenvalue weighted by Crippen LogP contribution is -2.45. The molecule has 102 valence electrons. The Bertz CT molecular complexity index is 345. The van der Waals surface area contributed by atoms with Gasteiger partial charge in [0.1, 0.15) is 11.6 Å². The fourth-order valence-corrected chi connectivity index (χ4v) is 2.01. The average Bonchev–Trinajstić information content (AvgIpc) is 2.69. The van der Waals surface area contributed by atoms with Gasteiger partial charge in [-0.15, -0.1) is 6.58 Å². The van der Waals surface area contributed by atoms with E-state index in [1.807, 2.05) is 0 Å². The molecule has 2 unspecified atom stereocenters. The van der Waals surface area contributed by atoms with Crippen LogP contribution in [-0.2, 0) is 14.3 Å². The SMILES string of the molecule is C=CC1CCN(C(=O)OC(C)(C)C)C1C(=O)OC. The van der Waals surface area contributed by atoms with E-state index in [1.165, 1.54) is 12.0 Å². The van der Waals surface area contributed by atoms with Gasteiger partial charge in [-0.1, -0.05) is 6.08 Å². The lowest BCUT2D eigenvalue weighted by molar-refractivity contribution is -0.146. The van der Waals surface area contributed by atoms with Crippen LogP contribution in [0.5, 0.6) is 0 Å². The Morgan fingerprint density at radius 1 is 1.39 bits per heavy atom. The minimum atomic E-state index is -0.623. The number of esters is 1. The van der Waals surface area contributed by atoms with Crippen molar-refractivity contribution >= 4 is 12.1 Å². The van der Waals surface area contributed by atoms with E-state index in [1.54, 1.807) is 26.8 Å². The van der Waals surface area contributed by atoms with Crippen molar-refractivity contribution in [3.8, 4) is 0 Å². The number of carbonyl (C=O) groups is 2. The van der Waals surface area contributed by atoms with Crippen LogP contribution in [-0.4, -0.2) is 42.3 Å². The van der Waals surface area contributed by atoms with Gasteiger partial charge in [-0.25, -0.2) is 9.59 Å². The summed E-state index contributed by atoms with van der Waals surface area (Å²) in [5, 5.41) is 0. The van der Waals surface area contributed by atoms with Crippen LogP contribution in [0.2, 0.25) is 0 Å². The van der Waals surface area contributed by atoms with Crippen molar-refractivity contribution in [2.75, 3.05) is 13.7 Å². The number of carbonyl (C=O) groups excluding carboxylic acids is 2. The van der Waals surface area contributed by atoms with Crippen LogP contribution in [0.25, 0.3) is 0 Å². The van der Waals surface area contributed by atoms with Crippen LogP contribution in [0, 0.1) is 5.92 Å². The largest absolute Gasteiger partial charge is 0.467 e. The Labute approximate surface area is 108 Å². The highest BCUT2D eigenvalue weighted by Crippen LogP contribution is 2.27. The molecule has 0 saturated carbocycles. The molecule has 0 aromatic rings. The Morgan fingerprint density at radius 2 is 2.00 bits per heavy atom. The van der Waals surface area contributed by atoms with E-state index in [0.717, 1.165) is 0 Å². The molecule has 5 heteroatoms. The van der Waals surface area contributed by atoms with Gasteiger partial charge in [0.25, 0.3) is 0 Å². The van der Waals surface area contributed by atoms with Crippen molar-refractivity contribution in [1.29, 1.82) is 0 Å². The van der Waals surface area contributed by atoms with Crippen LogP contribution in [0.15, 0.2) is 12.7 Å². The lowest BCUT2D eigenvalue weighted by Gasteiger charge is -2.28. The van der Waals surface area contributed by atoms with Crippen molar-refractivity contribution in [3.05, 3.63) is 12.7 Å². The average molecular weight is 255 g/mol. The Hall–Kier alpha value is -1.52. The zero-order valence-electron chi connectivity index (χ0n) is 11.4. The minimum absolute atomic E-state index is 0.0787. The van der Waals surface area contributed by atoms with E-state index in [9.17, 15) is 9.59 Å². The van der Waals surface area contributed by atoms with Crippen LogP contribution in [0.4, 0.5) is 4.79 Å². The predicted molar refractivity (Wildman–Crippen MR) is 67.0 cm³/mol. The van der Waals surface area contributed by atoms with Gasteiger partial charge < -0.3 is 9.47 Å². The minimum Gasteiger partial charge on any atom is -0.467 e.